The highest BCUT2D eigenvalue weighted by Gasteiger charge is 2.24. The maximum atomic E-state index is 12.7. The molecule has 1 aliphatic heterocycles. The van der Waals surface area contributed by atoms with Gasteiger partial charge in [0.2, 0.25) is 5.91 Å². The zero-order chi connectivity index (χ0) is 21.3. The van der Waals surface area contributed by atoms with Crippen LogP contribution in [0.25, 0.3) is 10.7 Å². The van der Waals surface area contributed by atoms with E-state index in [4.69, 9.17) is 4.98 Å². The fourth-order valence-electron chi connectivity index (χ4n) is 3.37. The van der Waals surface area contributed by atoms with Gasteiger partial charge in [-0.25, -0.2) is 4.98 Å². The van der Waals surface area contributed by atoms with E-state index >= 15 is 0 Å². The lowest BCUT2D eigenvalue weighted by Crippen LogP contribution is -2.36. The topological polar surface area (TPSA) is 91.0 Å². The number of nitrogens with zero attached hydrogens (tertiary/aromatic N) is 3. The lowest BCUT2D eigenvalue weighted by Gasteiger charge is -2.28. The smallest absolute Gasteiger partial charge is 0.255 e. The molecule has 0 saturated carbocycles. The van der Waals surface area contributed by atoms with Crippen LogP contribution in [0.1, 0.15) is 37.6 Å². The van der Waals surface area contributed by atoms with Gasteiger partial charge in [-0.1, -0.05) is 26.8 Å². The molecule has 4 heterocycles. The van der Waals surface area contributed by atoms with Crippen LogP contribution in [-0.4, -0.2) is 32.3 Å². The van der Waals surface area contributed by atoms with Gasteiger partial charge in [-0.3, -0.25) is 19.5 Å². The van der Waals surface area contributed by atoms with Crippen LogP contribution in [0.2, 0.25) is 0 Å². The van der Waals surface area contributed by atoms with Crippen LogP contribution >= 0.6 is 11.3 Å². The molecule has 0 spiro atoms. The monoisotopic (exact) mass is 423 g/mol. The molecule has 1 aliphatic rings. The number of rotatable bonds is 4. The number of thiophene rings is 1. The van der Waals surface area contributed by atoms with Crippen molar-refractivity contribution in [3.63, 3.8) is 0 Å². The Hall–Kier alpha value is -2.84. The number of H-pyrrole nitrogens is 1. The predicted molar refractivity (Wildman–Crippen MR) is 118 cm³/mol. The number of carbonyl (C=O) groups excluding carboxylic acids is 1. The first-order valence-corrected chi connectivity index (χ1v) is 10.8. The van der Waals surface area contributed by atoms with Crippen molar-refractivity contribution in [2.45, 2.75) is 40.3 Å². The molecule has 0 fully saturated rings. The molecule has 3 aromatic rings. The molecular formula is C22H25N5O2S. The molecule has 0 aliphatic carbocycles. The quantitative estimate of drug-likeness (QED) is 0.671. The molecule has 0 bridgehead atoms. The van der Waals surface area contributed by atoms with Gasteiger partial charge in [0.05, 0.1) is 16.1 Å². The largest absolute Gasteiger partial charge is 0.325 e. The summed E-state index contributed by atoms with van der Waals surface area (Å²) in [4.78, 5) is 40.1. The standard InChI is InChI=1S/C22H25N5O2S/c1-22(2,3)21(29)25-16-6-8-23-11-14(16)12-27-9-7-17-15(13-27)20(28)26-19(24-17)18-5-4-10-30-18/h4-6,8,10-11H,7,9,12-13H2,1-3H3,(H,23,25,29)(H,24,26,28). The summed E-state index contributed by atoms with van der Waals surface area (Å²) in [5.41, 5.74) is 2.70. The first kappa shape index (κ1) is 20.4. The fourth-order valence-corrected chi connectivity index (χ4v) is 4.04. The van der Waals surface area contributed by atoms with Gasteiger partial charge in [-0.15, -0.1) is 11.3 Å². The molecule has 156 valence electrons. The second-order valence-corrected chi connectivity index (χ2v) is 9.46. The summed E-state index contributed by atoms with van der Waals surface area (Å²) >= 11 is 1.56. The minimum atomic E-state index is -0.482. The van der Waals surface area contributed by atoms with Crippen molar-refractivity contribution in [1.29, 1.82) is 0 Å². The van der Waals surface area contributed by atoms with Crippen LogP contribution in [0.5, 0.6) is 0 Å². The average molecular weight is 424 g/mol. The molecule has 3 aromatic heterocycles. The zero-order valence-electron chi connectivity index (χ0n) is 17.4. The van der Waals surface area contributed by atoms with Crippen LogP contribution in [0, 0.1) is 5.41 Å². The Balaban J connectivity index is 1.53. The fraction of sp³-hybridized carbons (Fsp3) is 0.364. The number of amides is 1. The van der Waals surface area contributed by atoms with Crippen molar-refractivity contribution < 1.29 is 4.79 Å². The lowest BCUT2D eigenvalue weighted by molar-refractivity contribution is -0.123. The molecule has 7 nitrogen and oxygen atoms in total. The van der Waals surface area contributed by atoms with E-state index in [0.717, 1.165) is 28.4 Å². The molecular weight excluding hydrogens is 398 g/mol. The maximum absolute atomic E-state index is 12.7. The predicted octanol–water partition coefficient (Wildman–Crippen LogP) is 3.44. The summed E-state index contributed by atoms with van der Waals surface area (Å²) in [6, 6.07) is 5.73. The third-order valence-corrected chi connectivity index (χ3v) is 6.01. The first-order valence-electron chi connectivity index (χ1n) is 9.94. The molecule has 1 amide bonds. The van der Waals surface area contributed by atoms with Gasteiger partial charge in [-0.2, -0.15) is 0 Å². The SMILES string of the molecule is CC(C)(C)C(=O)Nc1ccncc1CN1CCc2nc(-c3cccs3)[nH]c(=O)c2C1. The van der Waals surface area contributed by atoms with Gasteiger partial charge in [0.1, 0.15) is 0 Å². The van der Waals surface area contributed by atoms with Gasteiger partial charge in [-0.05, 0) is 17.5 Å². The minimum absolute atomic E-state index is 0.0410. The van der Waals surface area contributed by atoms with Crippen molar-refractivity contribution in [3.05, 3.63) is 63.1 Å². The second-order valence-electron chi connectivity index (χ2n) is 8.51. The molecule has 2 N–H and O–H groups in total. The van der Waals surface area contributed by atoms with Crippen molar-refractivity contribution in [3.8, 4) is 10.7 Å². The highest BCUT2D eigenvalue weighted by Crippen LogP contribution is 2.25. The summed E-state index contributed by atoms with van der Waals surface area (Å²) in [5.74, 6) is 0.599. The molecule has 30 heavy (non-hydrogen) atoms. The summed E-state index contributed by atoms with van der Waals surface area (Å²) in [5, 5.41) is 4.98. The number of hydrogen-bond acceptors (Lipinski definition) is 6. The number of pyridine rings is 1. The van der Waals surface area contributed by atoms with Gasteiger partial charge >= 0.3 is 0 Å². The van der Waals surface area contributed by atoms with Crippen molar-refractivity contribution >= 4 is 22.9 Å². The Morgan fingerprint density at radius 2 is 2.17 bits per heavy atom. The molecule has 0 unspecified atom stereocenters. The molecule has 0 saturated heterocycles. The summed E-state index contributed by atoms with van der Waals surface area (Å²) in [7, 11) is 0. The molecule has 0 radical (unpaired) electrons. The Morgan fingerprint density at radius 3 is 2.90 bits per heavy atom. The van der Waals surface area contributed by atoms with Crippen LogP contribution in [0.15, 0.2) is 40.8 Å². The van der Waals surface area contributed by atoms with Crippen LogP contribution in [0.4, 0.5) is 5.69 Å². The van der Waals surface area contributed by atoms with E-state index in [2.05, 4.69) is 20.2 Å². The van der Waals surface area contributed by atoms with Gasteiger partial charge in [0, 0.05) is 55.1 Å². The Morgan fingerprint density at radius 1 is 1.33 bits per heavy atom. The van der Waals surface area contributed by atoms with Gasteiger partial charge in [0.25, 0.3) is 5.56 Å². The van der Waals surface area contributed by atoms with Crippen LogP contribution in [0.3, 0.4) is 0 Å². The maximum Gasteiger partial charge on any atom is 0.255 e. The number of fused-ring (bicyclic) bond motifs is 1. The zero-order valence-corrected chi connectivity index (χ0v) is 18.2. The van der Waals surface area contributed by atoms with E-state index in [1.165, 1.54) is 0 Å². The third-order valence-electron chi connectivity index (χ3n) is 5.13. The Bertz CT molecular complexity index is 1120. The molecule has 0 atom stereocenters. The summed E-state index contributed by atoms with van der Waals surface area (Å²) < 4.78 is 0. The molecule has 4 rings (SSSR count). The normalized spacial score (nSPS) is 14.4. The lowest BCUT2D eigenvalue weighted by atomic mass is 9.95. The second kappa shape index (κ2) is 8.12. The van der Waals surface area contributed by atoms with E-state index < -0.39 is 5.41 Å². The van der Waals surface area contributed by atoms with E-state index in [1.807, 2.05) is 44.4 Å². The van der Waals surface area contributed by atoms with Crippen molar-refractivity contribution in [1.82, 2.24) is 19.9 Å². The highest BCUT2D eigenvalue weighted by molar-refractivity contribution is 7.13. The number of anilines is 1. The number of aromatic nitrogens is 3. The number of aromatic amines is 1. The van der Waals surface area contributed by atoms with E-state index in [1.54, 1.807) is 23.7 Å². The molecule has 8 heteroatoms. The van der Waals surface area contributed by atoms with Crippen molar-refractivity contribution in [2.24, 2.45) is 5.41 Å². The van der Waals surface area contributed by atoms with E-state index in [0.29, 0.717) is 30.9 Å². The number of nitrogens with one attached hydrogen (secondary N) is 2. The van der Waals surface area contributed by atoms with E-state index in [-0.39, 0.29) is 11.5 Å². The summed E-state index contributed by atoms with van der Waals surface area (Å²) in [6.45, 7) is 7.55. The van der Waals surface area contributed by atoms with Crippen molar-refractivity contribution in [2.75, 3.05) is 11.9 Å². The van der Waals surface area contributed by atoms with Crippen LogP contribution in [-0.2, 0) is 24.3 Å². The Kier molecular flexibility index (Phi) is 5.53. The van der Waals surface area contributed by atoms with Gasteiger partial charge in [0.15, 0.2) is 5.82 Å². The number of carbonyl (C=O) groups is 1. The molecule has 0 aromatic carbocycles. The minimum Gasteiger partial charge on any atom is -0.325 e. The van der Waals surface area contributed by atoms with E-state index in [9.17, 15) is 9.59 Å². The average Bonchev–Trinajstić information content (AvgIpc) is 3.24. The number of hydrogen-bond donors (Lipinski definition) is 2. The Labute approximate surface area is 179 Å². The first-order chi connectivity index (χ1) is 14.3. The van der Waals surface area contributed by atoms with Gasteiger partial charge < -0.3 is 10.3 Å². The highest BCUT2D eigenvalue weighted by atomic mass is 32.1. The van der Waals surface area contributed by atoms with Crippen LogP contribution < -0.4 is 10.9 Å². The third kappa shape index (κ3) is 4.34. The summed E-state index contributed by atoms with van der Waals surface area (Å²) in [6.07, 6.45) is 4.16.